The molecule has 23 heavy (non-hydrogen) atoms. The normalized spacial score (nSPS) is 22.8. The molecule has 7 nitrogen and oxygen atoms in total. The predicted octanol–water partition coefficient (Wildman–Crippen LogP) is 0.741. The largest absolute Gasteiger partial charge is 0.493 e. The van der Waals surface area contributed by atoms with Gasteiger partial charge in [0, 0.05) is 18.0 Å². The van der Waals surface area contributed by atoms with Crippen LogP contribution in [-0.2, 0) is 15.1 Å². The monoisotopic (exact) mass is 317 g/mol. The van der Waals surface area contributed by atoms with Gasteiger partial charge in [0.2, 0.25) is 5.91 Å². The van der Waals surface area contributed by atoms with Crippen molar-refractivity contribution in [3.05, 3.63) is 29.8 Å². The lowest BCUT2D eigenvalue weighted by molar-refractivity contribution is -0.136. The van der Waals surface area contributed by atoms with Gasteiger partial charge in [-0.3, -0.25) is 14.5 Å². The van der Waals surface area contributed by atoms with E-state index >= 15 is 0 Å². The van der Waals surface area contributed by atoms with E-state index in [2.05, 4.69) is 10.6 Å². The fourth-order valence-corrected chi connectivity index (χ4v) is 3.03. The van der Waals surface area contributed by atoms with E-state index in [1.807, 2.05) is 19.9 Å². The van der Waals surface area contributed by atoms with E-state index in [1.165, 1.54) is 0 Å². The summed E-state index contributed by atoms with van der Waals surface area (Å²) >= 11 is 0. The highest BCUT2D eigenvalue weighted by atomic mass is 16.5. The summed E-state index contributed by atoms with van der Waals surface area (Å²) in [5.41, 5.74) is -0.499. The fourth-order valence-electron chi connectivity index (χ4n) is 3.03. The van der Waals surface area contributed by atoms with Crippen molar-refractivity contribution in [2.24, 2.45) is 0 Å². The van der Waals surface area contributed by atoms with E-state index in [0.29, 0.717) is 24.3 Å². The minimum absolute atomic E-state index is 0.0546. The Balaban J connectivity index is 1.89. The number of imide groups is 1. The van der Waals surface area contributed by atoms with E-state index < -0.39 is 17.5 Å². The SMILES string of the molecule is CC(C)NC(=O)CN1C(=O)N[C@]2(CCOc3ccccc32)C1=O. The van der Waals surface area contributed by atoms with Gasteiger partial charge in [-0.15, -0.1) is 0 Å². The molecular formula is C16H19N3O4. The van der Waals surface area contributed by atoms with E-state index in [0.717, 1.165) is 4.90 Å². The lowest BCUT2D eigenvalue weighted by atomic mass is 9.84. The number of hydrogen-bond acceptors (Lipinski definition) is 4. The molecule has 1 spiro atoms. The van der Waals surface area contributed by atoms with Crippen molar-refractivity contribution in [1.29, 1.82) is 0 Å². The molecule has 1 atom stereocenters. The summed E-state index contributed by atoms with van der Waals surface area (Å²) in [5, 5.41) is 5.45. The van der Waals surface area contributed by atoms with Gasteiger partial charge in [0.25, 0.3) is 5.91 Å². The lowest BCUT2D eigenvalue weighted by Crippen LogP contribution is -2.48. The Hall–Kier alpha value is -2.57. The van der Waals surface area contributed by atoms with Crippen molar-refractivity contribution in [1.82, 2.24) is 15.5 Å². The van der Waals surface area contributed by atoms with Gasteiger partial charge in [-0.05, 0) is 19.9 Å². The van der Waals surface area contributed by atoms with Crippen LogP contribution >= 0.6 is 0 Å². The molecule has 1 fully saturated rings. The number of nitrogens with one attached hydrogen (secondary N) is 2. The van der Waals surface area contributed by atoms with Crippen LogP contribution in [0, 0.1) is 0 Å². The van der Waals surface area contributed by atoms with Crippen LogP contribution in [0.2, 0.25) is 0 Å². The zero-order valence-corrected chi connectivity index (χ0v) is 13.1. The van der Waals surface area contributed by atoms with Gasteiger partial charge in [-0.2, -0.15) is 0 Å². The van der Waals surface area contributed by atoms with Gasteiger partial charge in [0.15, 0.2) is 5.54 Å². The highest BCUT2D eigenvalue weighted by Gasteiger charge is 2.55. The smallest absolute Gasteiger partial charge is 0.325 e. The van der Waals surface area contributed by atoms with E-state index in [1.54, 1.807) is 18.2 Å². The van der Waals surface area contributed by atoms with Crippen LogP contribution in [0.15, 0.2) is 24.3 Å². The number of rotatable bonds is 3. The zero-order chi connectivity index (χ0) is 16.6. The molecule has 7 heteroatoms. The second-order valence-corrected chi connectivity index (χ2v) is 6.04. The summed E-state index contributed by atoms with van der Waals surface area (Å²) in [6, 6.07) is 6.54. The molecule has 4 amide bonds. The fraction of sp³-hybridized carbons (Fsp3) is 0.438. The van der Waals surface area contributed by atoms with Crippen LogP contribution in [0.4, 0.5) is 4.79 Å². The Morgan fingerprint density at radius 1 is 1.39 bits per heavy atom. The van der Waals surface area contributed by atoms with Crippen LogP contribution < -0.4 is 15.4 Å². The molecule has 0 saturated carbocycles. The van der Waals surface area contributed by atoms with Gasteiger partial charge < -0.3 is 15.4 Å². The van der Waals surface area contributed by atoms with Gasteiger partial charge in [-0.25, -0.2) is 4.79 Å². The predicted molar refractivity (Wildman–Crippen MR) is 81.8 cm³/mol. The Morgan fingerprint density at radius 2 is 2.13 bits per heavy atom. The number of hydrogen-bond donors (Lipinski definition) is 2. The van der Waals surface area contributed by atoms with Crippen molar-refractivity contribution in [3.8, 4) is 5.75 Å². The Labute approximate surface area is 134 Å². The molecule has 2 aliphatic heterocycles. The van der Waals surface area contributed by atoms with E-state index in [-0.39, 0.29) is 18.5 Å². The lowest BCUT2D eigenvalue weighted by Gasteiger charge is -2.33. The maximum atomic E-state index is 12.9. The first-order chi connectivity index (χ1) is 10.9. The summed E-state index contributed by atoms with van der Waals surface area (Å²) in [4.78, 5) is 38.0. The molecule has 2 aliphatic rings. The first kappa shape index (κ1) is 15.3. The maximum absolute atomic E-state index is 12.9. The summed E-state index contributed by atoms with van der Waals surface area (Å²) in [7, 11) is 0. The molecular weight excluding hydrogens is 298 g/mol. The minimum Gasteiger partial charge on any atom is -0.493 e. The zero-order valence-electron chi connectivity index (χ0n) is 13.1. The second-order valence-electron chi connectivity index (χ2n) is 6.04. The molecule has 1 aromatic carbocycles. The summed E-state index contributed by atoms with van der Waals surface area (Å²) in [6.45, 7) is 3.68. The number of ether oxygens (including phenoxy) is 1. The Morgan fingerprint density at radius 3 is 2.87 bits per heavy atom. The molecule has 3 rings (SSSR count). The van der Waals surface area contributed by atoms with Crippen LogP contribution in [0.3, 0.4) is 0 Å². The molecule has 0 bridgehead atoms. The second kappa shape index (κ2) is 5.57. The highest BCUT2D eigenvalue weighted by molar-refractivity contribution is 6.09. The van der Waals surface area contributed by atoms with E-state index in [9.17, 15) is 14.4 Å². The summed E-state index contributed by atoms with van der Waals surface area (Å²) in [6.07, 6.45) is 0.344. The molecule has 1 aromatic rings. The first-order valence-corrected chi connectivity index (χ1v) is 7.60. The quantitative estimate of drug-likeness (QED) is 0.805. The number of carbonyl (C=O) groups is 3. The number of urea groups is 1. The highest BCUT2D eigenvalue weighted by Crippen LogP contribution is 2.40. The number of amides is 4. The van der Waals surface area contributed by atoms with Crippen LogP contribution in [0.5, 0.6) is 5.75 Å². The maximum Gasteiger partial charge on any atom is 0.325 e. The molecule has 1 saturated heterocycles. The van der Waals surface area contributed by atoms with Crippen molar-refractivity contribution < 1.29 is 19.1 Å². The van der Waals surface area contributed by atoms with Crippen LogP contribution in [-0.4, -0.2) is 41.9 Å². The molecule has 0 aromatic heterocycles. The summed E-state index contributed by atoms with van der Waals surface area (Å²) < 4.78 is 5.56. The third-order valence-electron chi connectivity index (χ3n) is 4.01. The number of fused-ring (bicyclic) bond motifs is 2. The molecule has 0 aliphatic carbocycles. The molecule has 0 unspecified atom stereocenters. The first-order valence-electron chi connectivity index (χ1n) is 7.60. The molecule has 0 radical (unpaired) electrons. The van der Waals surface area contributed by atoms with Gasteiger partial charge >= 0.3 is 6.03 Å². The number of carbonyl (C=O) groups excluding carboxylic acids is 3. The standard InChI is InChI=1S/C16H19N3O4/c1-10(2)17-13(20)9-19-14(21)16(18-15(19)22)7-8-23-12-6-4-3-5-11(12)16/h3-6,10H,7-9H2,1-2H3,(H,17,20)(H,18,22)/t16-/m0/s1. The number of para-hydroxylation sites is 1. The Kier molecular flexibility index (Phi) is 3.71. The minimum atomic E-state index is -1.13. The third-order valence-corrected chi connectivity index (χ3v) is 4.01. The van der Waals surface area contributed by atoms with E-state index in [4.69, 9.17) is 4.74 Å². The van der Waals surface area contributed by atoms with Crippen molar-refractivity contribution in [3.63, 3.8) is 0 Å². The average molecular weight is 317 g/mol. The van der Waals surface area contributed by atoms with Crippen LogP contribution in [0.25, 0.3) is 0 Å². The van der Waals surface area contributed by atoms with Crippen molar-refractivity contribution >= 4 is 17.8 Å². The van der Waals surface area contributed by atoms with Gasteiger partial charge in [-0.1, -0.05) is 18.2 Å². The Bertz CT molecular complexity index is 673. The third kappa shape index (κ3) is 2.52. The van der Waals surface area contributed by atoms with Crippen molar-refractivity contribution in [2.45, 2.75) is 31.8 Å². The van der Waals surface area contributed by atoms with Gasteiger partial charge in [0.05, 0.1) is 6.61 Å². The molecule has 122 valence electrons. The van der Waals surface area contributed by atoms with Crippen molar-refractivity contribution in [2.75, 3.05) is 13.2 Å². The average Bonchev–Trinajstić information content (AvgIpc) is 2.72. The number of benzene rings is 1. The van der Waals surface area contributed by atoms with Gasteiger partial charge in [0.1, 0.15) is 12.3 Å². The van der Waals surface area contributed by atoms with Crippen LogP contribution in [0.1, 0.15) is 25.8 Å². The molecule has 2 N–H and O–H groups in total. The topological polar surface area (TPSA) is 87.7 Å². The summed E-state index contributed by atoms with van der Waals surface area (Å²) in [5.74, 6) is -0.182. The molecule has 2 heterocycles. The number of nitrogens with zero attached hydrogens (tertiary/aromatic N) is 1.